The van der Waals surface area contributed by atoms with Gasteiger partial charge in [0, 0.05) is 6.42 Å². The molecule has 0 spiro atoms. The quantitative estimate of drug-likeness (QED) is 0.0263. The number of unbranched alkanes of at least 4 members (excludes halogenated alkanes) is 33. The van der Waals surface area contributed by atoms with Crippen LogP contribution in [0.25, 0.3) is 0 Å². The number of rotatable bonds is 43. The minimum absolute atomic E-state index is 0.172. The molecule has 6 N–H and O–H groups in total. The van der Waals surface area contributed by atoms with Crippen LogP contribution in [-0.2, 0) is 14.3 Å². The second-order valence-electron chi connectivity index (χ2n) is 18.0. The summed E-state index contributed by atoms with van der Waals surface area (Å²) >= 11 is 0. The highest BCUT2D eigenvalue weighted by molar-refractivity contribution is 5.76. The fourth-order valence-corrected chi connectivity index (χ4v) is 8.28. The van der Waals surface area contributed by atoms with Gasteiger partial charge in [0.25, 0.3) is 0 Å². The summed E-state index contributed by atoms with van der Waals surface area (Å²) in [6, 6.07) is -0.798. The number of carbonyl (C=O) groups is 1. The lowest BCUT2D eigenvalue weighted by Crippen LogP contribution is -2.60. The summed E-state index contributed by atoms with van der Waals surface area (Å²) in [6.07, 6.45) is 41.2. The van der Waals surface area contributed by atoms with Crippen LogP contribution in [0.5, 0.6) is 0 Å². The van der Waals surface area contributed by atoms with Crippen LogP contribution in [0.15, 0.2) is 12.2 Å². The highest BCUT2D eigenvalue weighted by atomic mass is 16.7. The molecule has 0 radical (unpaired) electrons. The van der Waals surface area contributed by atoms with E-state index in [9.17, 15) is 30.3 Å². The van der Waals surface area contributed by atoms with Gasteiger partial charge in [-0.1, -0.05) is 231 Å². The van der Waals surface area contributed by atoms with Crippen LogP contribution in [-0.4, -0.2) is 87.5 Å². The Balaban J connectivity index is 2.26. The van der Waals surface area contributed by atoms with Crippen LogP contribution in [0, 0.1) is 0 Å². The molecule has 1 heterocycles. The van der Waals surface area contributed by atoms with E-state index >= 15 is 0 Å². The first-order valence-electron chi connectivity index (χ1n) is 25.4. The molecule has 1 fully saturated rings. The maximum atomic E-state index is 13.0. The first-order valence-corrected chi connectivity index (χ1v) is 25.4. The topological polar surface area (TPSA) is 149 Å². The van der Waals surface area contributed by atoms with E-state index < -0.39 is 49.5 Å². The van der Waals surface area contributed by atoms with Gasteiger partial charge in [-0.3, -0.25) is 4.79 Å². The van der Waals surface area contributed by atoms with Gasteiger partial charge in [0.1, 0.15) is 24.4 Å². The van der Waals surface area contributed by atoms with E-state index in [1.807, 2.05) is 6.08 Å². The molecule has 0 aliphatic carbocycles. The van der Waals surface area contributed by atoms with Crippen LogP contribution < -0.4 is 5.32 Å². The van der Waals surface area contributed by atoms with Crippen molar-refractivity contribution < 1.29 is 39.8 Å². The number of aliphatic hydroxyl groups is 5. The summed E-state index contributed by atoms with van der Waals surface area (Å²) in [5.74, 6) is -0.172. The van der Waals surface area contributed by atoms with Crippen molar-refractivity contribution in [2.45, 2.75) is 288 Å². The van der Waals surface area contributed by atoms with Gasteiger partial charge in [-0.05, 0) is 19.3 Å². The second kappa shape index (κ2) is 41.0. The molecule has 9 nitrogen and oxygen atoms in total. The van der Waals surface area contributed by atoms with E-state index in [1.54, 1.807) is 6.08 Å². The SMILES string of the molecule is CCCCCCCCCCCCCC/C=C/C(O)C(COC1OC(CO)C(O)C(O)C1O)NC(=O)CCCCCCCCCCCCCCCCCCCCCCCC. The number of hydrogen-bond acceptors (Lipinski definition) is 8. The van der Waals surface area contributed by atoms with E-state index in [1.165, 1.54) is 186 Å². The summed E-state index contributed by atoms with van der Waals surface area (Å²) in [5.41, 5.74) is 0. The molecule has 1 aliphatic rings. The zero-order valence-corrected chi connectivity index (χ0v) is 38.5. The third-order valence-electron chi connectivity index (χ3n) is 12.4. The largest absolute Gasteiger partial charge is 0.394 e. The standard InChI is InChI=1S/C50H97NO8/c1-3-5-7-9-11-13-15-17-19-20-21-22-23-24-25-26-28-30-32-34-36-38-40-46(54)51-43(42-58-50-49(57)48(56)47(55)45(41-52)59-50)44(53)39-37-35-33-31-29-27-18-16-14-12-10-8-6-4-2/h37,39,43-45,47-50,52-53,55-57H,3-36,38,40-42H2,1-2H3,(H,51,54)/b39-37+. The lowest BCUT2D eigenvalue weighted by atomic mass is 9.99. The maximum Gasteiger partial charge on any atom is 0.220 e. The van der Waals surface area contributed by atoms with Crippen molar-refractivity contribution in [2.75, 3.05) is 13.2 Å². The number of allylic oxidation sites excluding steroid dienone is 1. The monoisotopic (exact) mass is 840 g/mol. The smallest absolute Gasteiger partial charge is 0.220 e. The Kier molecular flexibility index (Phi) is 38.9. The number of ether oxygens (including phenoxy) is 2. The minimum atomic E-state index is -1.56. The van der Waals surface area contributed by atoms with Crippen LogP contribution in [0.3, 0.4) is 0 Å². The van der Waals surface area contributed by atoms with Crippen LogP contribution >= 0.6 is 0 Å². The first kappa shape index (κ1) is 55.9. The maximum absolute atomic E-state index is 13.0. The molecule has 0 aromatic carbocycles. The fraction of sp³-hybridized carbons (Fsp3) is 0.940. The number of amides is 1. The first-order chi connectivity index (χ1) is 28.8. The molecular formula is C50H97NO8. The van der Waals surface area contributed by atoms with Crippen molar-refractivity contribution in [2.24, 2.45) is 0 Å². The van der Waals surface area contributed by atoms with Gasteiger partial charge >= 0.3 is 0 Å². The number of carbonyl (C=O) groups excluding carboxylic acids is 1. The highest BCUT2D eigenvalue weighted by Gasteiger charge is 2.44. The average Bonchev–Trinajstić information content (AvgIpc) is 3.23. The van der Waals surface area contributed by atoms with Gasteiger partial charge in [-0.25, -0.2) is 0 Å². The fourth-order valence-electron chi connectivity index (χ4n) is 8.28. The summed E-state index contributed by atoms with van der Waals surface area (Å²) in [4.78, 5) is 13.0. The number of hydrogen-bond donors (Lipinski definition) is 6. The zero-order chi connectivity index (χ0) is 43.0. The van der Waals surface area contributed by atoms with E-state index in [0.29, 0.717) is 6.42 Å². The third kappa shape index (κ3) is 31.4. The summed E-state index contributed by atoms with van der Waals surface area (Å²) in [6.45, 7) is 3.80. The molecule has 0 aromatic heterocycles. The molecule has 1 saturated heterocycles. The molecule has 0 bridgehead atoms. The molecular weight excluding hydrogens is 743 g/mol. The molecule has 7 unspecified atom stereocenters. The van der Waals surface area contributed by atoms with Crippen molar-refractivity contribution in [1.29, 1.82) is 0 Å². The van der Waals surface area contributed by atoms with Gasteiger partial charge in [0.05, 0.1) is 25.4 Å². The Morgan fingerprint density at radius 2 is 0.932 bits per heavy atom. The summed E-state index contributed by atoms with van der Waals surface area (Å²) in [5, 5.41) is 54.3. The van der Waals surface area contributed by atoms with E-state index in [-0.39, 0.29) is 12.5 Å². The lowest BCUT2D eigenvalue weighted by Gasteiger charge is -2.40. The van der Waals surface area contributed by atoms with E-state index in [2.05, 4.69) is 19.2 Å². The van der Waals surface area contributed by atoms with Gasteiger partial charge in [-0.2, -0.15) is 0 Å². The molecule has 59 heavy (non-hydrogen) atoms. The lowest BCUT2D eigenvalue weighted by molar-refractivity contribution is -0.302. The number of aliphatic hydroxyl groups excluding tert-OH is 5. The van der Waals surface area contributed by atoms with Crippen molar-refractivity contribution >= 4 is 5.91 Å². The Hall–Kier alpha value is -1.07. The molecule has 7 atom stereocenters. The van der Waals surface area contributed by atoms with Gasteiger partial charge in [-0.15, -0.1) is 0 Å². The van der Waals surface area contributed by atoms with Crippen LogP contribution in [0.2, 0.25) is 0 Å². The predicted molar refractivity (Wildman–Crippen MR) is 244 cm³/mol. The normalized spacial score (nSPS) is 20.7. The van der Waals surface area contributed by atoms with Crippen molar-refractivity contribution in [3.63, 3.8) is 0 Å². The Morgan fingerprint density at radius 1 is 0.559 bits per heavy atom. The van der Waals surface area contributed by atoms with Crippen molar-refractivity contribution in [1.82, 2.24) is 5.32 Å². The molecule has 350 valence electrons. The van der Waals surface area contributed by atoms with Gasteiger partial charge in [0.2, 0.25) is 5.91 Å². The molecule has 1 amide bonds. The highest BCUT2D eigenvalue weighted by Crippen LogP contribution is 2.23. The molecule has 0 saturated carbocycles. The molecule has 0 aromatic rings. The van der Waals surface area contributed by atoms with Crippen molar-refractivity contribution in [3.05, 3.63) is 12.2 Å². The van der Waals surface area contributed by atoms with E-state index in [4.69, 9.17) is 9.47 Å². The van der Waals surface area contributed by atoms with Gasteiger partial charge in [0.15, 0.2) is 6.29 Å². The predicted octanol–water partition coefficient (Wildman–Crippen LogP) is 11.3. The Bertz CT molecular complexity index is 935. The molecule has 9 heteroatoms. The van der Waals surface area contributed by atoms with Crippen LogP contribution in [0.4, 0.5) is 0 Å². The molecule has 1 rings (SSSR count). The third-order valence-corrected chi connectivity index (χ3v) is 12.4. The summed E-state index contributed by atoms with van der Waals surface area (Å²) < 4.78 is 11.2. The second-order valence-corrected chi connectivity index (χ2v) is 18.0. The number of nitrogens with one attached hydrogen (secondary N) is 1. The summed E-state index contributed by atoms with van der Waals surface area (Å²) in [7, 11) is 0. The molecule has 1 aliphatic heterocycles. The van der Waals surface area contributed by atoms with Gasteiger partial charge < -0.3 is 40.3 Å². The van der Waals surface area contributed by atoms with Crippen LogP contribution in [0.1, 0.15) is 245 Å². The minimum Gasteiger partial charge on any atom is -0.394 e. The Morgan fingerprint density at radius 3 is 1.32 bits per heavy atom. The van der Waals surface area contributed by atoms with Crippen molar-refractivity contribution in [3.8, 4) is 0 Å². The Labute approximate surface area is 363 Å². The average molecular weight is 840 g/mol. The van der Waals surface area contributed by atoms with E-state index in [0.717, 1.165) is 38.5 Å². The zero-order valence-electron chi connectivity index (χ0n) is 38.5.